The maximum Gasteiger partial charge on any atom is 0.179 e. The summed E-state index contributed by atoms with van der Waals surface area (Å²) in [5, 5.41) is 9.86. The molecule has 0 saturated carbocycles. The van der Waals surface area contributed by atoms with Gasteiger partial charge in [0.2, 0.25) is 0 Å². The van der Waals surface area contributed by atoms with Gasteiger partial charge in [0.1, 0.15) is 5.75 Å². The lowest BCUT2D eigenvalue weighted by molar-refractivity contribution is 0.194. The number of halogens is 1. The van der Waals surface area contributed by atoms with Crippen LogP contribution in [0.25, 0.3) is 0 Å². The van der Waals surface area contributed by atoms with Gasteiger partial charge in [-0.15, -0.1) is 0 Å². The summed E-state index contributed by atoms with van der Waals surface area (Å²) in [5.74, 6) is 1.53. The number of ether oxygens (including phenoxy) is 3. The molecule has 4 nitrogen and oxygen atoms in total. The molecule has 0 saturated heterocycles. The molecular formula is C12H17ClO4. The summed E-state index contributed by atoms with van der Waals surface area (Å²) in [6.45, 7) is 1.69. The summed E-state index contributed by atoms with van der Waals surface area (Å²) in [6.07, 6.45) is -0.123. The lowest BCUT2D eigenvalue weighted by Gasteiger charge is -2.17. The molecule has 0 aliphatic heterocycles. The Morgan fingerprint density at radius 3 is 2.18 bits per heavy atom. The zero-order valence-electron chi connectivity index (χ0n) is 10.4. The molecule has 0 amide bonds. The number of hydrogen-bond acceptors (Lipinski definition) is 4. The van der Waals surface area contributed by atoms with Gasteiger partial charge in [0.15, 0.2) is 11.5 Å². The monoisotopic (exact) mass is 260 g/mol. The van der Waals surface area contributed by atoms with Crippen LogP contribution in [-0.4, -0.2) is 32.5 Å². The molecule has 5 heteroatoms. The molecule has 1 aromatic rings. The largest absolute Gasteiger partial charge is 0.496 e. The Balaban J connectivity index is 3.35. The summed E-state index contributed by atoms with van der Waals surface area (Å²) in [7, 11) is 4.59. The van der Waals surface area contributed by atoms with Gasteiger partial charge in [-0.05, 0) is 6.92 Å². The average Bonchev–Trinajstić information content (AvgIpc) is 2.30. The van der Waals surface area contributed by atoms with E-state index in [1.807, 2.05) is 0 Å². The highest BCUT2D eigenvalue weighted by atomic mass is 35.5. The van der Waals surface area contributed by atoms with Crippen molar-refractivity contribution < 1.29 is 19.3 Å². The molecule has 1 rings (SSSR count). The van der Waals surface area contributed by atoms with Gasteiger partial charge >= 0.3 is 0 Å². The van der Waals surface area contributed by atoms with Gasteiger partial charge in [0, 0.05) is 18.1 Å². The molecule has 1 aromatic carbocycles. The van der Waals surface area contributed by atoms with Crippen molar-refractivity contribution in [1.82, 2.24) is 0 Å². The minimum absolute atomic E-state index is 0.391. The summed E-state index contributed by atoms with van der Waals surface area (Å²) < 4.78 is 15.6. The smallest absolute Gasteiger partial charge is 0.179 e. The van der Waals surface area contributed by atoms with E-state index in [0.29, 0.717) is 34.3 Å². The summed E-state index contributed by atoms with van der Waals surface area (Å²) in [6, 6.07) is 1.70. The fraction of sp³-hybridized carbons (Fsp3) is 0.500. The van der Waals surface area contributed by atoms with E-state index in [9.17, 15) is 5.11 Å². The van der Waals surface area contributed by atoms with E-state index in [4.69, 9.17) is 25.8 Å². The Labute approximate surface area is 106 Å². The molecular weight excluding hydrogens is 244 g/mol. The van der Waals surface area contributed by atoms with Crippen LogP contribution in [0.4, 0.5) is 0 Å². The highest BCUT2D eigenvalue weighted by Crippen LogP contribution is 2.43. The Morgan fingerprint density at radius 2 is 1.76 bits per heavy atom. The van der Waals surface area contributed by atoms with E-state index in [1.165, 1.54) is 14.2 Å². The Bertz CT molecular complexity index is 391. The van der Waals surface area contributed by atoms with Crippen molar-refractivity contribution in [1.29, 1.82) is 0 Å². The van der Waals surface area contributed by atoms with E-state index in [2.05, 4.69) is 0 Å². The SMILES string of the molecule is COc1cc(OC)c(OC)c(Cl)c1CC(C)O. The van der Waals surface area contributed by atoms with Gasteiger partial charge in [-0.3, -0.25) is 0 Å². The molecule has 96 valence electrons. The molecule has 1 unspecified atom stereocenters. The van der Waals surface area contributed by atoms with Crippen molar-refractivity contribution in [2.24, 2.45) is 0 Å². The predicted octanol–water partition coefficient (Wildman–Crippen LogP) is 2.29. The van der Waals surface area contributed by atoms with Gasteiger partial charge < -0.3 is 19.3 Å². The van der Waals surface area contributed by atoms with Crippen molar-refractivity contribution in [2.75, 3.05) is 21.3 Å². The van der Waals surface area contributed by atoms with Gasteiger partial charge in [-0.25, -0.2) is 0 Å². The Hall–Kier alpha value is -1.13. The number of hydrogen-bond donors (Lipinski definition) is 1. The number of methoxy groups -OCH3 is 3. The van der Waals surface area contributed by atoms with Crippen LogP contribution in [0.3, 0.4) is 0 Å². The van der Waals surface area contributed by atoms with Crippen LogP contribution in [0.2, 0.25) is 5.02 Å². The molecule has 0 fully saturated rings. The van der Waals surface area contributed by atoms with Crippen molar-refractivity contribution >= 4 is 11.6 Å². The number of benzene rings is 1. The van der Waals surface area contributed by atoms with Crippen LogP contribution >= 0.6 is 11.6 Å². The second-order valence-electron chi connectivity index (χ2n) is 3.66. The predicted molar refractivity (Wildman–Crippen MR) is 66.5 cm³/mol. The Morgan fingerprint density at radius 1 is 1.18 bits per heavy atom. The molecule has 1 N–H and O–H groups in total. The molecule has 0 spiro atoms. The fourth-order valence-corrected chi connectivity index (χ4v) is 1.98. The molecule has 0 aromatic heterocycles. The lowest BCUT2D eigenvalue weighted by Crippen LogP contribution is -2.07. The normalized spacial score (nSPS) is 12.1. The second kappa shape index (κ2) is 5.98. The van der Waals surface area contributed by atoms with Crippen LogP contribution in [0.15, 0.2) is 6.07 Å². The van der Waals surface area contributed by atoms with Crippen LogP contribution in [0.5, 0.6) is 17.2 Å². The molecule has 0 heterocycles. The van der Waals surface area contributed by atoms with Crippen LogP contribution in [-0.2, 0) is 6.42 Å². The Kier molecular flexibility index (Phi) is 4.90. The third-order valence-corrected chi connectivity index (χ3v) is 2.79. The minimum atomic E-state index is -0.514. The van der Waals surface area contributed by atoms with E-state index >= 15 is 0 Å². The van der Waals surface area contributed by atoms with E-state index in [0.717, 1.165) is 0 Å². The molecule has 1 atom stereocenters. The molecule has 0 aliphatic carbocycles. The highest BCUT2D eigenvalue weighted by molar-refractivity contribution is 6.33. The molecule has 17 heavy (non-hydrogen) atoms. The van der Waals surface area contributed by atoms with E-state index in [-0.39, 0.29) is 0 Å². The van der Waals surface area contributed by atoms with Gasteiger partial charge in [0.05, 0.1) is 32.5 Å². The first-order chi connectivity index (χ1) is 8.04. The molecule has 0 bridgehead atoms. The molecule has 0 radical (unpaired) electrons. The first-order valence-corrected chi connectivity index (χ1v) is 5.58. The third kappa shape index (κ3) is 2.96. The fourth-order valence-electron chi connectivity index (χ4n) is 1.63. The summed E-state index contributed by atoms with van der Waals surface area (Å²) >= 11 is 6.22. The van der Waals surface area contributed by atoms with Crippen molar-refractivity contribution in [3.63, 3.8) is 0 Å². The first-order valence-electron chi connectivity index (χ1n) is 5.20. The second-order valence-corrected chi connectivity index (χ2v) is 4.04. The van der Waals surface area contributed by atoms with Crippen LogP contribution < -0.4 is 14.2 Å². The van der Waals surface area contributed by atoms with Crippen molar-refractivity contribution in [2.45, 2.75) is 19.4 Å². The first kappa shape index (κ1) is 13.9. The van der Waals surface area contributed by atoms with Crippen LogP contribution in [0, 0.1) is 0 Å². The number of rotatable bonds is 5. The maximum absolute atomic E-state index is 9.45. The average molecular weight is 261 g/mol. The zero-order valence-corrected chi connectivity index (χ0v) is 11.2. The maximum atomic E-state index is 9.45. The van der Waals surface area contributed by atoms with E-state index in [1.54, 1.807) is 20.1 Å². The number of aliphatic hydroxyl groups excluding tert-OH is 1. The molecule has 0 aliphatic rings. The standard InChI is InChI=1S/C12H17ClO4/c1-7(14)5-8-9(15-2)6-10(16-3)12(17-4)11(8)13/h6-7,14H,5H2,1-4H3. The van der Waals surface area contributed by atoms with Gasteiger partial charge in [0.25, 0.3) is 0 Å². The zero-order chi connectivity index (χ0) is 13.0. The topological polar surface area (TPSA) is 47.9 Å². The van der Waals surface area contributed by atoms with Crippen LogP contribution in [0.1, 0.15) is 12.5 Å². The third-order valence-electron chi connectivity index (χ3n) is 2.39. The summed E-state index contributed by atoms with van der Waals surface area (Å²) in [4.78, 5) is 0. The quantitative estimate of drug-likeness (QED) is 0.883. The van der Waals surface area contributed by atoms with Gasteiger partial charge in [-0.2, -0.15) is 0 Å². The van der Waals surface area contributed by atoms with Gasteiger partial charge in [-0.1, -0.05) is 11.6 Å². The lowest BCUT2D eigenvalue weighted by atomic mass is 10.1. The number of aliphatic hydroxyl groups is 1. The summed E-state index contributed by atoms with van der Waals surface area (Å²) in [5.41, 5.74) is 0.710. The van der Waals surface area contributed by atoms with Crippen molar-refractivity contribution in [3.05, 3.63) is 16.7 Å². The van der Waals surface area contributed by atoms with Crippen molar-refractivity contribution in [3.8, 4) is 17.2 Å². The van der Waals surface area contributed by atoms with E-state index < -0.39 is 6.10 Å². The minimum Gasteiger partial charge on any atom is -0.496 e. The highest BCUT2D eigenvalue weighted by Gasteiger charge is 2.19.